The molecule has 1 amide bonds. The number of allylic oxidation sites excluding steroid dienone is 1. The summed E-state index contributed by atoms with van der Waals surface area (Å²) in [6.07, 6.45) is 3.10. The fourth-order valence-corrected chi connectivity index (χ4v) is 2.33. The van der Waals surface area contributed by atoms with Crippen LogP contribution in [-0.4, -0.2) is 30.4 Å². The molecular weight excluding hydrogens is 270 g/mol. The van der Waals surface area contributed by atoms with Crippen LogP contribution >= 0.6 is 0 Å². The minimum Gasteiger partial charge on any atom is -0.465 e. The summed E-state index contributed by atoms with van der Waals surface area (Å²) in [5.74, 6) is 0.118. The second kappa shape index (κ2) is 5.99. The molecule has 0 radical (unpaired) electrons. The number of hydrogen-bond donors (Lipinski definition) is 0. The van der Waals surface area contributed by atoms with Gasteiger partial charge in [-0.2, -0.15) is 0 Å². The van der Waals surface area contributed by atoms with Crippen molar-refractivity contribution in [1.82, 2.24) is 4.90 Å². The van der Waals surface area contributed by atoms with Crippen molar-refractivity contribution in [3.63, 3.8) is 0 Å². The van der Waals surface area contributed by atoms with Crippen molar-refractivity contribution in [2.45, 2.75) is 20.8 Å². The second-order valence-electron chi connectivity index (χ2n) is 5.34. The lowest BCUT2D eigenvalue weighted by Gasteiger charge is -2.19. The summed E-state index contributed by atoms with van der Waals surface area (Å²) in [6, 6.07) is 3.46. The molecule has 0 aliphatic carbocycles. The van der Waals surface area contributed by atoms with Gasteiger partial charge in [0, 0.05) is 12.2 Å². The van der Waals surface area contributed by atoms with Crippen LogP contribution in [0.5, 0.6) is 0 Å². The third kappa shape index (κ3) is 2.91. The molecule has 0 fully saturated rings. The summed E-state index contributed by atoms with van der Waals surface area (Å²) in [7, 11) is 1.31. The van der Waals surface area contributed by atoms with Crippen LogP contribution in [0.25, 0.3) is 6.08 Å². The van der Waals surface area contributed by atoms with Gasteiger partial charge in [-0.1, -0.05) is 13.8 Å². The van der Waals surface area contributed by atoms with Gasteiger partial charge in [0.25, 0.3) is 5.91 Å². The van der Waals surface area contributed by atoms with E-state index in [4.69, 9.17) is 9.15 Å². The van der Waals surface area contributed by atoms with Crippen LogP contribution in [0.4, 0.5) is 0 Å². The molecule has 21 heavy (non-hydrogen) atoms. The first-order valence-electron chi connectivity index (χ1n) is 6.82. The predicted octanol–water partition coefficient (Wildman–Crippen LogP) is 2.61. The van der Waals surface area contributed by atoms with Gasteiger partial charge in [0.15, 0.2) is 0 Å². The fourth-order valence-electron chi connectivity index (χ4n) is 2.33. The van der Waals surface area contributed by atoms with Gasteiger partial charge in [0.2, 0.25) is 0 Å². The van der Waals surface area contributed by atoms with E-state index in [9.17, 15) is 9.59 Å². The first-order valence-corrected chi connectivity index (χ1v) is 6.82. The number of nitrogens with zero attached hydrogens (tertiary/aromatic N) is 1. The fraction of sp³-hybridized carbons (Fsp3) is 0.375. The van der Waals surface area contributed by atoms with Gasteiger partial charge < -0.3 is 14.1 Å². The summed E-state index contributed by atoms with van der Waals surface area (Å²) >= 11 is 0. The highest BCUT2D eigenvalue weighted by atomic mass is 16.5. The second-order valence-corrected chi connectivity index (χ2v) is 5.34. The molecule has 5 heteroatoms. The molecule has 1 aromatic rings. The maximum absolute atomic E-state index is 12.6. The first kappa shape index (κ1) is 15.1. The molecule has 112 valence electrons. The molecule has 1 aromatic heterocycles. The van der Waals surface area contributed by atoms with Gasteiger partial charge in [-0.25, -0.2) is 4.79 Å². The summed E-state index contributed by atoms with van der Waals surface area (Å²) in [6.45, 7) is 6.36. The standard InChI is InChI=1S/C16H19NO4/c1-10(2)9-17-11(3)14(16(19)20-4)13(15(17)18)8-12-6-5-7-21-12/h5-8,10H,9H2,1-4H3/b13-8+. The number of furan rings is 1. The van der Waals surface area contributed by atoms with E-state index in [1.165, 1.54) is 13.4 Å². The number of carbonyl (C=O) groups excluding carboxylic acids is 2. The van der Waals surface area contributed by atoms with Crippen LogP contribution in [0.2, 0.25) is 0 Å². The summed E-state index contributed by atoms with van der Waals surface area (Å²) in [4.78, 5) is 26.2. The van der Waals surface area contributed by atoms with E-state index in [0.29, 0.717) is 35.1 Å². The van der Waals surface area contributed by atoms with E-state index in [-0.39, 0.29) is 5.91 Å². The van der Waals surface area contributed by atoms with Crippen LogP contribution < -0.4 is 0 Å². The van der Waals surface area contributed by atoms with Crippen molar-refractivity contribution < 1.29 is 18.7 Å². The summed E-state index contributed by atoms with van der Waals surface area (Å²) < 4.78 is 10.0. The number of amides is 1. The number of ether oxygens (including phenoxy) is 1. The molecule has 0 spiro atoms. The molecule has 0 saturated carbocycles. The Kier molecular flexibility index (Phi) is 4.31. The molecule has 2 rings (SSSR count). The van der Waals surface area contributed by atoms with Gasteiger partial charge in [0.1, 0.15) is 5.76 Å². The Morgan fingerprint density at radius 3 is 2.71 bits per heavy atom. The van der Waals surface area contributed by atoms with Gasteiger partial charge >= 0.3 is 5.97 Å². The Labute approximate surface area is 123 Å². The summed E-state index contributed by atoms with van der Waals surface area (Å²) in [5.41, 5.74) is 1.24. The van der Waals surface area contributed by atoms with Crippen molar-refractivity contribution >= 4 is 18.0 Å². The molecule has 0 aromatic carbocycles. The van der Waals surface area contributed by atoms with Crippen LogP contribution in [0, 0.1) is 5.92 Å². The Bertz CT molecular complexity index is 608. The zero-order valence-corrected chi connectivity index (χ0v) is 12.7. The lowest BCUT2D eigenvalue weighted by molar-refractivity contribution is -0.136. The van der Waals surface area contributed by atoms with Gasteiger partial charge in [0.05, 0.1) is 24.5 Å². The topological polar surface area (TPSA) is 59.8 Å². The first-order chi connectivity index (χ1) is 9.95. The van der Waals surface area contributed by atoms with Crippen molar-refractivity contribution in [2.24, 2.45) is 5.92 Å². The number of rotatable bonds is 4. The zero-order valence-electron chi connectivity index (χ0n) is 12.7. The molecule has 1 aliphatic rings. The number of esters is 1. The molecule has 0 bridgehead atoms. The molecule has 2 heterocycles. The SMILES string of the molecule is COC(=O)C1=C(C)N(CC(C)C)C(=O)/C1=C/c1ccco1. The van der Waals surface area contributed by atoms with Crippen molar-refractivity contribution in [3.8, 4) is 0 Å². The third-order valence-electron chi connectivity index (χ3n) is 3.28. The van der Waals surface area contributed by atoms with Crippen LogP contribution in [0.1, 0.15) is 26.5 Å². The Hall–Kier alpha value is -2.30. The maximum atomic E-state index is 12.6. The van der Waals surface area contributed by atoms with E-state index >= 15 is 0 Å². The predicted molar refractivity (Wildman–Crippen MR) is 78.0 cm³/mol. The zero-order chi connectivity index (χ0) is 15.6. The lowest BCUT2D eigenvalue weighted by Crippen LogP contribution is -2.28. The molecule has 1 aliphatic heterocycles. The van der Waals surface area contributed by atoms with Crippen LogP contribution in [0.3, 0.4) is 0 Å². The molecule has 0 saturated heterocycles. The minimum absolute atomic E-state index is 0.196. The van der Waals surface area contributed by atoms with Crippen molar-refractivity contribution in [1.29, 1.82) is 0 Å². The summed E-state index contributed by atoms with van der Waals surface area (Å²) in [5, 5.41) is 0. The number of methoxy groups -OCH3 is 1. The normalized spacial score (nSPS) is 17.3. The maximum Gasteiger partial charge on any atom is 0.340 e. The van der Waals surface area contributed by atoms with E-state index in [1.807, 2.05) is 13.8 Å². The van der Waals surface area contributed by atoms with Gasteiger partial charge in [-0.05, 0) is 31.1 Å². The Morgan fingerprint density at radius 2 is 2.19 bits per heavy atom. The van der Waals surface area contributed by atoms with E-state index in [1.54, 1.807) is 30.0 Å². The molecule has 0 atom stereocenters. The van der Waals surface area contributed by atoms with Crippen LogP contribution in [-0.2, 0) is 14.3 Å². The molecule has 5 nitrogen and oxygen atoms in total. The monoisotopic (exact) mass is 289 g/mol. The molecular formula is C16H19NO4. The smallest absolute Gasteiger partial charge is 0.340 e. The average Bonchev–Trinajstić information content (AvgIpc) is 3.01. The highest BCUT2D eigenvalue weighted by Gasteiger charge is 2.37. The highest BCUT2D eigenvalue weighted by Crippen LogP contribution is 2.32. The van der Waals surface area contributed by atoms with E-state index < -0.39 is 5.97 Å². The van der Waals surface area contributed by atoms with Crippen molar-refractivity contribution in [2.75, 3.05) is 13.7 Å². The van der Waals surface area contributed by atoms with E-state index in [0.717, 1.165) is 0 Å². The third-order valence-corrected chi connectivity index (χ3v) is 3.28. The van der Waals surface area contributed by atoms with E-state index in [2.05, 4.69) is 0 Å². The molecule has 0 N–H and O–H groups in total. The van der Waals surface area contributed by atoms with Gasteiger partial charge in [-0.15, -0.1) is 0 Å². The lowest BCUT2D eigenvalue weighted by atomic mass is 10.1. The quantitative estimate of drug-likeness (QED) is 0.631. The molecule has 0 unspecified atom stereocenters. The minimum atomic E-state index is -0.509. The number of carbonyl (C=O) groups is 2. The van der Waals surface area contributed by atoms with Crippen molar-refractivity contribution in [3.05, 3.63) is 41.0 Å². The average molecular weight is 289 g/mol. The largest absolute Gasteiger partial charge is 0.465 e. The highest BCUT2D eigenvalue weighted by molar-refractivity contribution is 6.16. The Balaban J connectivity index is 2.48. The Morgan fingerprint density at radius 1 is 1.48 bits per heavy atom. The van der Waals surface area contributed by atoms with Crippen LogP contribution in [0.15, 0.2) is 39.7 Å². The number of hydrogen-bond acceptors (Lipinski definition) is 4. The van der Waals surface area contributed by atoms with Gasteiger partial charge in [-0.3, -0.25) is 4.79 Å².